The molecule has 1 atom stereocenters. The van der Waals surface area contributed by atoms with Crippen LogP contribution in [0.2, 0.25) is 0 Å². The third kappa shape index (κ3) is 3.95. The number of fused-ring (bicyclic) bond motifs is 1. The second-order valence-corrected chi connectivity index (χ2v) is 9.74. The number of Topliss-reactive ketones (excluding diaryl/α,β-unsaturated/α-hetero) is 1. The summed E-state index contributed by atoms with van der Waals surface area (Å²) in [6.45, 7) is 9.65. The van der Waals surface area contributed by atoms with Gasteiger partial charge in [0.25, 0.3) is 5.91 Å². The highest BCUT2D eigenvalue weighted by Crippen LogP contribution is 2.41. The summed E-state index contributed by atoms with van der Waals surface area (Å²) in [5.74, 6) is 0.746. The van der Waals surface area contributed by atoms with Gasteiger partial charge in [-0.2, -0.15) is 4.98 Å². The number of benzene rings is 1. The van der Waals surface area contributed by atoms with E-state index in [1.54, 1.807) is 0 Å². The lowest BCUT2D eigenvalue weighted by Gasteiger charge is -2.31. The van der Waals surface area contributed by atoms with Crippen LogP contribution in [0.5, 0.6) is 0 Å². The van der Waals surface area contributed by atoms with Crippen molar-refractivity contribution < 1.29 is 9.59 Å². The number of nitrogens with zero attached hydrogens (tertiary/aromatic N) is 3. The van der Waals surface area contributed by atoms with E-state index in [0.29, 0.717) is 24.7 Å². The Kier molecular flexibility index (Phi) is 5.67. The lowest BCUT2D eigenvalue weighted by Crippen LogP contribution is -2.43. The summed E-state index contributed by atoms with van der Waals surface area (Å²) in [5.41, 5.74) is 15.4. The van der Waals surface area contributed by atoms with E-state index in [2.05, 4.69) is 29.1 Å². The van der Waals surface area contributed by atoms with E-state index in [4.69, 9.17) is 11.5 Å². The summed E-state index contributed by atoms with van der Waals surface area (Å²) in [4.78, 5) is 35.8. The maximum atomic E-state index is 12.7. The van der Waals surface area contributed by atoms with E-state index in [0.717, 1.165) is 41.8 Å². The van der Waals surface area contributed by atoms with Gasteiger partial charge in [-0.05, 0) is 61.4 Å². The Labute approximate surface area is 188 Å². The highest BCUT2D eigenvalue weighted by Gasteiger charge is 2.39. The van der Waals surface area contributed by atoms with Gasteiger partial charge >= 0.3 is 0 Å². The van der Waals surface area contributed by atoms with E-state index in [1.165, 1.54) is 6.20 Å². The van der Waals surface area contributed by atoms with Crippen molar-refractivity contribution in [2.75, 3.05) is 23.3 Å². The Hall–Kier alpha value is -3.00. The number of hydrogen-bond acceptors (Lipinski definition) is 7. The molecule has 170 valence electrons. The highest BCUT2D eigenvalue weighted by molar-refractivity contribution is 5.99. The van der Waals surface area contributed by atoms with E-state index in [-0.39, 0.29) is 23.3 Å². The molecule has 1 aromatic carbocycles. The van der Waals surface area contributed by atoms with Crippen molar-refractivity contribution >= 4 is 29.1 Å². The van der Waals surface area contributed by atoms with Crippen molar-refractivity contribution in [3.8, 4) is 0 Å². The number of aromatic nitrogens is 2. The Balaban J connectivity index is 1.76. The van der Waals surface area contributed by atoms with Gasteiger partial charge < -0.3 is 21.7 Å². The van der Waals surface area contributed by atoms with Crippen LogP contribution in [-0.4, -0.2) is 40.8 Å². The molecule has 2 heterocycles. The third-order valence-electron chi connectivity index (χ3n) is 6.66. The van der Waals surface area contributed by atoms with Crippen LogP contribution in [0.4, 0.5) is 17.5 Å². The highest BCUT2D eigenvalue weighted by atomic mass is 16.1. The second-order valence-electron chi connectivity index (χ2n) is 9.74. The molecule has 4 rings (SSSR count). The average molecular weight is 437 g/mol. The number of nitrogens with two attached hydrogens (primary N) is 2. The van der Waals surface area contributed by atoms with E-state index in [1.807, 2.05) is 30.9 Å². The fourth-order valence-corrected chi connectivity index (χ4v) is 4.70. The Bertz CT molecular complexity index is 1080. The monoisotopic (exact) mass is 436 g/mol. The number of carbonyl (C=O) groups is 2. The zero-order chi connectivity index (χ0) is 23.2. The van der Waals surface area contributed by atoms with Crippen LogP contribution in [-0.2, 0) is 16.6 Å². The fraction of sp³-hybridized carbons (Fsp3) is 0.500. The normalized spacial score (nSPS) is 19.9. The van der Waals surface area contributed by atoms with Crippen molar-refractivity contribution in [2.24, 2.45) is 11.5 Å². The van der Waals surface area contributed by atoms with Crippen LogP contribution >= 0.6 is 0 Å². The molecule has 0 spiro atoms. The first-order valence-electron chi connectivity index (χ1n) is 11.2. The molecule has 0 bridgehead atoms. The lowest BCUT2D eigenvalue weighted by atomic mass is 9.84. The van der Waals surface area contributed by atoms with E-state index in [9.17, 15) is 9.59 Å². The van der Waals surface area contributed by atoms with Gasteiger partial charge in [-0.25, -0.2) is 4.98 Å². The van der Waals surface area contributed by atoms with E-state index < -0.39 is 11.3 Å². The first-order chi connectivity index (χ1) is 15.1. The lowest BCUT2D eigenvalue weighted by molar-refractivity contribution is -0.121. The van der Waals surface area contributed by atoms with Crippen molar-refractivity contribution in [3.05, 3.63) is 40.6 Å². The van der Waals surface area contributed by atoms with Crippen LogP contribution in [0.1, 0.15) is 73.5 Å². The minimum Gasteiger partial charge on any atom is -0.365 e. The molecule has 1 aliphatic heterocycles. The minimum absolute atomic E-state index is 0.0738. The van der Waals surface area contributed by atoms with Gasteiger partial charge in [-0.15, -0.1) is 0 Å². The first kappa shape index (κ1) is 22.2. The Morgan fingerprint density at radius 2 is 2.06 bits per heavy atom. The molecule has 2 aromatic rings. The number of anilines is 3. The van der Waals surface area contributed by atoms with Gasteiger partial charge in [0.15, 0.2) is 0 Å². The topological polar surface area (TPSA) is 127 Å². The zero-order valence-corrected chi connectivity index (χ0v) is 19.2. The Morgan fingerprint density at radius 1 is 1.31 bits per heavy atom. The van der Waals surface area contributed by atoms with Gasteiger partial charge in [0.2, 0.25) is 5.95 Å². The van der Waals surface area contributed by atoms with Gasteiger partial charge in [-0.3, -0.25) is 9.59 Å². The van der Waals surface area contributed by atoms with Crippen LogP contribution in [0, 0.1) is 0 Å². The van der Waals surface area contributed by atoms with Gasteiger partial charge in [0.1, 0.15) is 17.2 Å². The maximum absolute atomic E-state index is 12.7. The Morgan fingerprint density at radius 3 is 2.72 bits per heavy atom. The predicted octanol–water partition coefficient (Wildman–Crippen LogP) is 2.77. The first-order valence-corrected chi connectivity index (χ1v) is 11.2. The molecule has 8 nitrogen and oxygen atoms in total. The van der Waals surface area contributed by atoms with Crippen LogP contribution in [0.15, 0.2) is 18.3 Å². The largest absolute Gasteiger partial charge is 0.365 e. The van der Waals surface area contributed by atoms with Crippen molar-refractivity contribution in [3.63, 3.8) is 0 Å². The minimum atomic E-state index is -0.602. The standard InChI is InChI=1S/C24H32N6O2/c1-13(2)16-8-15(9-19-17(16)10-20(31)24(19,3)4)28-22-18(21(26)32)11-27-23(29-22)30-7-5-6-14(25)12-30/h8-9,11,13-14H,5-7,10,12,25H2,1-4H3,(H2,26,32)(H,27,28,29)/t14-/m0/s1. The second kappa shape index (κ2) is 8.16. The summed E-state index contributed by atoms with van der Waals surface area (Å²) < 4.78 is 0. The molecule has 1 saturated heterocycles. The molecule has 0 saturated carbocycles. The molecule has 1 amide bonds. The number of primary amides is 1. The maximum Gasteiger partial charge on any atom is 0.254 e. The summed E-state index contributed by atoms with van der Waals surface area (Å²) in [6.07, 6.45) is 3.87. The zero-order valence-electron chi connectivity index (χ0n) is 19.2. The van der Waals surface area contributed by atoms with Crippen LogP contribution < -0.4 is 21.7 Å². The molecule has 8 heteroatoms. The number of amides is 1. The fourth-order valence-electron chi connectivity index (χ4n) is 4.70. The molecule has 1 fully saturated rings. The van der Waals surface area contributed by atoms with Crippen LogP contribution in [0.25, 0.3) is 0 Å². The summed E-state index contributed by atoms with van der Waals surface area (Å²) in [6, 6.07) is 4.11. The number of nitrogens with one attached hydrogen (secondary N) is 1. The molecule has 2 aliphatic rings. The predicted molar refractivity (Wildman–Crippen MR) is 126 cm³/mol. The molecule has 5 N–H and O–H groups in total. The molecule has 0 radical (unpaired) electrons. The number of ketones is 1. The molecule has 1 aliphatic carbocycles. The number of rotatable bonds is 5. The average Bonchev–Trinajstić information content (AvgIpc) is 2.96. The summed E-state index contributed by atoms with van der Waals surface area (Å²) in [7, 11) is 0. The van der Waals surface area contributed by atoms with Gasteiger partial charge in [0, 0.05) is 42.9 Å². The molecule has 32 heavy (non-hydrogen) atoms. The summed E-state index contributed by atoms with van der Waals surface area (Å²) >= 11 is 0. The quantitative estimate of drug-likeness (QED) is 0.657. The smallest absolute Gasteiger partial charge is 0.254 e. The number of carbonyl (C=O) groups excluding carboxylic acids is 2. The number of hydrogen-bond donors (Lipinski definition) is 3. The third-order valence-corrected chi connectivity index (χ3v) is 6.66. The van der Waals surface area contributed by atoms with E-state index >= 15 is 0 Å². The number of piperidine rings is 1. The van der Waals surface area contributed by atoms with Gasteiger partial charge in [-0.1, -0.05) is 13.8 Å². The SMILES string of the molecule is CC(C)c1cc(Nc2nc(N3CCC[C@H](N)C3)ncc2C(N)=O)cc2c1CC(=O)C2(C)C. The van der Waals surface area contributed by atoms with Crippen molar-refractivity contribution in [1.29, 1.82) is 0 Å². The van der Waals surface area contributed by atoms with Crippen LogP contribution in [0.3, 0.4) is 0 Å². The molecule has 0 unspecified atom stereocenters. The van der Waals surface area contributed by atoms with Crippen molar-refractivity contribution in [2.45, 2.75) is 64.3 Å². The molecule has 1 aromatic heterocycles. The summed E-state index contributed by atoms with van der Waals surface area (Å²) in [5, 5.41) is 3.30. The van der Waals surface area contributed by atoms with Crippen molar-refractivity contribution in [1.82, 2.24) is 9.97 Å². The van der Waals surface area contributed by atoms with Gasteiger partial charge in [0.05, 0.1) is 0 Å². The molecular formula is C24H32N6O2. The molecular weight excluding hydrogens is 404 g/mol.